The molecule has 0 aliphatic carbocycles. The number of hydrogen-bond acceptors (Lipinski definition) is 4. The van der Waals surface area contributed by atoms with E-state index in [4.69, 9.17) is 27.9 Å². The second kappa shape index (κ2) is 7.85. The molecular weight excluding hydrogens is 416 g/mol. The van der Waals surface area contributed by atoms with Crippen molar-refractivity contribution in [2.24, 2.45) is 0 Å². The highest BCUT2D eigenvalue weighted by atomic mass is 35.5. The van der Waals surface area contributed by atoms with E-state index in [1.165, 1.54) is 30.5 Å². The molecule has 1 heterocycles. The zero-order chi connectivity index (χ0) is 20.5. The first-order valence-electron chi connectivity index (χ1n) is 8.10. The summed E-state index contributed by atoms with van der Waals surface area (Å²) < 4.78 is 44.1. The van der Waals surface area contributed by atoms with Gasteiger partial charge in [-0.2, -0.15) is 13.2 Å². The number of anilines is 2. The number of nitrogens with zero attached hydrogens (tertiary/aromatic N) is 1. The van der Waals surface area contributed by atoms with Gasteiger partial charge in [-0.15, -0.1) is 0 Å². The zero-order valence-corrected chi connectivity index (χ0v) is 15.9. The minimum atomic E-state index is -4.51. The van der Waals surface area contributed by atoms with Crippen LogP contribution in [0.1, 0.15) is 22.8 Å². The van der Waals surface area contributed by atoms with Crippen LogP contribution in [-0.4, -0.2) is 17.6 Å². The molecule has 0 spiro atoms. The van der Waals surface area contributed by atoms with E-state index in [-0.39, 0.29) is 33.6 Å². The van der Waals surface area contributed by atoms with Crippen LogP contribution in [0.15, 0.2) is 42.6 Å². The van der Waals surface area contributed by atoms with Crippen molar-refractivity contribution in [2.45, 2.75) is 13.1 Å². The molecule has 4 nitrogen and oxygen atoms in total. The maximum atomic E-state index is 13.0. The Morgan fingerprint density at radius 1 is 1.21 bits per heavy atom. The largest absolute Gasteiger partial charge is 0.462 e. The van der Waals surface area contributed by atoms with Crippen LogP contribution >= 0.6 is 23.2 Å². The molecule has 1 N–H and O–H groups in total. The number of ether oxygens (including phenoxy) is 1. The van der Waals surface area contributed by atoms with E-state index in [1.807, 2.05) is 0 Å². The van der Waals surface area contributed by atoms with Gasteiger partial charge in [0.2, 0.25) is 0 Å². The van der Waals surface area contributed by atoms with Crippen molar-refractivity contribution in [3.05, 3.63) is 63.8 Å². The molecule has 9 heteroatoms. The van der Waals surface area contributed by atoms with E-state index in [0.717, 1.165) is 12.1 Å². The van der Waals surface area contributed by atoms with Gasteiger partial charge in [0.15, 0.2) is 0 Å². The highest BCUT2D eigenvalue weighted by molar-refractivity contribution is 6.38. The highest BCUT2D eigenvalue weighted by Crippen LogP contribution is 2.36. The minimum absolute atomic E-state index is 0.0464. The van der Waals surface area contributed by atoms with Gasteiger partial charge < -0.3 is 10.1 Å². The van der Waals surface area contributed by atoms with Crippen LogP contribution < -0.4 is 5.32 Å². The predicted molar refractivity (Wildman–Crippen MR) is 102 cm³/mol. The summed E-state index contributed by atoms with van der Waals surface area (Å²) in [4.78, 5) is 16.5. The van der Waals surface area contributed by atoms with E-state index in [1.54, 1.807) is 6.92 Å². The highest BCUT2D eigenvalue weighted by Gasteiger charge is 2.30. The number of hydrogen-bond donors (Lipinski definition) is 1. The third-order valence-electron chi connectivity index (χ3n) is 3.84. The molecule has 0 atom stereocenters. The zero-order valence-electron chi connectivity index (χ0n) is 14.4. The molecule has 2 aromatic carbocycles. The van der Waals surface area contributed by atoms with E-state index in [2.05, 4.69) is 10.3 Å². The van der Waals surface area contributed by atoms with E-state index >= 15 is 0 Å². The fourth-order valence-corrected chi connectivity index (χ4v) is 3.18. The molecule has 0 saturated carbocycles. The molecule has 0 saturated heterocycles. The summed E-state index contributed by atoms with van der Waals surface area (Å²) in [7, 11) is 0. The summed E-state index contributed by atoms with van der Waals surface area (Å²) in [5.41, 5.74) is -0.112. The molecule has 28 heavy (non-hydrogen) atoms. The molecule has 0 amide bonds. The van der Waals surface area contributed by atoms with Gasteiger partial charge in [-0.1, -0.05) is 29.3 Å². The molecule has 3 rings (SSSR count). The van der Waals surface area contributed by atoms with E-state index in [0.29, 0.717) is 10.9 Å². The summed E-state index contributed by atoms with van der Waals surface area (Å²) in [6.45, 7) is 1.76. The van der Waals surface area contributed by atoms with Gasteiger partial charge in [-0.3, -0.25) is 4.98 Å². The standard InChI is InChI=1S/C19H13Cl2F3N2O2/c1-2-28-18(27)14-9-25-17-13(7-11(20)8-15(17)21)16(14)26-12-5-3-4-10(6-12)19(22,23)24/h3-9H,2H2,1H3,(H,25,26). The van der Waals surface area contributed by atoms with Gasteiger partial charge in [-0.05, 0) is 37.3 Å². The number of halogens is 5. The number of benzene rings is 2. The number of fused-ring (bicyclic) bond motifs is 1. The normalized spacial score (nSPS) is 11.5. The summed E-state index contributed by atoms with van der Waals surface area (Å²) in [5.74, 6) is -0.678. The fraction of sp³-hybridized carbons (Fsp3) is 0.158. The Bertz CT molecular complexity index is 1060. The quantitative estimate of drug-likeness (QED) is 0.483. The van der Waals surface area contributed by atoms with Crippen LogP contribution in [0.25, 0.3) is 10.9 Å². The second-order valence-electron chi connectivity index (χ2n) is 5.75. The fourth-order valence-electron chi connectivity index (χ4n) is 2.64. The molecular formula is C19H13Cl2F3N2O2. The van der Waals surface area contributed by atoms with Crippen molar-refractivity contribution < 1.29 is 22.7 Å². The molecule has 3 aromatic rings. The van der Waals surface area contributed by atoms with Gasteiger partial charge in [-0.25, -0.2) is 4.79 Å². The van der Waals surface area contributed by atoms with Gasteiger partial charge in [0, 0.05) is 22.3 Å². The third-order valence-corrected chi connectivity index (χ3v) is 4.35. The Hall–Kier alpha value is -2.51. The van der Waals surface area contributed by atoms with Gasteiger partial charge in [0.25, 0.3) is 0 Å². The van der Waals surface area contributed by atoms with Crippen molar-refractivity contribution in [1.29, 1.82) is 0 Å². The number of pyridine rings is 1. The first-order valence-corrected chi connectivity index (χ1v) is 8.85. The molecule has 0 aliphatic rings. The number of rotatable bonds is 4. The molecule has 146 valence electrons. The number of carbonyl (C=O) groups excluding carboxylic acids is 1. The Kier molecular flexibility index (Phi) is 5.67. The summed E-state index contributed by atoms with van der Waals surface area (Å²) in [6, 6.07) is 7.61. The van der Waals surface area contributed by atoms with Crippen molar-refractivity contribution in [2.75, 3.05) is 11.9 Å². The topological polar surface area (TPSA) is 51.2 Å². The first-order chi connectivity index (χ1) is 13.2. The number of nitrogens with one attached hydrogen (secondary N) is 1. The second-order valence-corrected chi connectivity index (χ2v) is 6.60. The minimum Gasteiger partial charge on any atom is -0.462 e. The predicted octanol–water partition coefficient (Wildman–Crippen LogP) is 6.48. The van der Waals surface area contributed by atoms with Crippen molar-refractivity contribution in [3.63, 3.8) is 0 Å². The number of aromatic nitrogens is 1. The van der Waals surface area contributed by atoms with Crippen LogP contribution in [0.5, 0.6) is 0 Å². The molecule has 0 unspecified atom stereocenters. The molecule has 0 radical (unpaired) electrons. The lowest BCUT2D eigenvalue weighted by atomic mass is 10.1. The van der Waals surface area contributed by atoms with Crippen LogP contribution in [-0.2, 0) is 10.9 Å². The molecule has 0 bridgehead atoms. The first kappa shape index (κ1) is 20.2. The average Bonchev–Trinajstić information content (AvgIpc) is 2.62. The lowest BCUT2D eigenvalue weighted by molar-refractivity contribution is -0.137. The molecule has 0 aliphatic heterocycles. The summed E-state index contributed by atoms with van der Waals surface area (Å²) in [5, 5.41) is 3.76. The lowest BCUT2D eigenvalue weighted by Gasteiger charge is -2.16. The number of carbonyl (C=O) groups is 1. The van der Waals surface area contributed by atoms with Crippen LogP contribution in [0, 0.1) is 0 Å². The maximum Gasteiger partial charge on any atom is 0.416 e. The van der Waals surface area contributed by atoms with E-state index < -0.39 is 17.7 Å². The van der Waals surface area contributed by atoms with Gasteiger partial charge >= 0.3 is 12.1 Å². The third kappa shape index (κ3) is 4.15. The van der Waals surface area contributed by atoms with Crippen LogP contribution in [0.2, 0.25) is 10.0 Å². The number of esters is 1. The van der Waals surface area contributed by atoms with E-state index in [9.17, 15) is 18.0 Å². The van der Waals surface area contributed by atoms with Gasteiger partial charge in [0.1, 0.15) is 5.56 Å². The Labute approximate surface area is 168 Å². The van der Waals surface area contributed by atoms with Gasteiger partial charge in [0.05, 0.1) is 28.4 Å². The summed E-state index contributed by atoms with van der Waals surface area (Å²) >= 11 is 12.2. The average molecular weight is 429 g/mol. The number of alkyl halides is 3. The van der Waals surface area contributed by atoms with Crippen molar-refractivity contribution in [1.82, 2.24) is 4.98 Å². The van der Waals surface area contributed by atoms with Crippen LogP contribution in [0.3, 0.4) is 0 Å². The van der Waals surface area contributed by atoms with Crippen molar-refractivity contribution in [3.8, 4) is 0 Å². The molecule has 0 fully saturated rings. The summed E-state index contributed by atoms with van der Waals surface area (Å²) in [6.07, 6.45) is -3.25. The van der Waals surface area contributed by atoms with Crippen LogP contribution in [0.4, 0.5) is 24.5 Å². The Balaban J connectivity index is 2.19. The Morgan fingerprint density at radius 2 is 1.96 bits per heavy atom. The lowest BCUT2D eigenvalue weighted by Crippen LogP contribution is -2.10. The molecule has 1 aromatic heterocycles. The smallest absolute Gasteiger partial charge is 0.416 e. The Morgan fingerprint density at radius 3 is 2.64 bits per heavy atom. The monoisotopic (exact) mass is 428 g/mol. The maximum absolute atomic E-state index is 13.0. The van der Waals surface area contributed by atoms with Crippen molar-refractivity contribution >= 4 is 51.4 Å². The SMILES string of the molecule is CCOC(=O)c1cnc2c(Cl)cc(Cl)cc2c1Nc1cccc(C(F)(F)F)c1.